The van der Waals surface area contributed by atoms with E-state index in [1.54, 1.807) is 19.2 Å². The summed E-state index contributed by atoms with van der Waals surface area (Å²) in [7, 11) is 1.64. The molecule has 1 aliphatic heterocycles. The summed E-state index contributed by atoms with van der Waals surface area (Å²) in [6, 6.07) is 11.5. The number of fused-ring (bicyclic) bond motifs is 3. The van der Waals surface area contributed by atoms with E-state index in [1.165, 1.54) is 24.4 Å². The van der Waals surface area contributed by atoms with Crippen molar-refractivity contribution in [3.63, 3.8) is 0 Å². The highest BCUT2D eigenvalue weighted by atomic mass is 19.1. The van der Waals surface area contributed by atoms with Crippen LogP contribution in [0.5, 0.6) is 5.75 Å². The molecule has 0 bridgehead atoms. The van der Waals surface area contributed by atoms with Crippen LogP contribution in [0.15, 0.2) is 53.5 Å². The quantitative estimate of drug-likeness (QED) is 0.448. The van der Waals surface area contributed by atoms with Crippen LogP contribution >= 0.6 is 0 Å². The van der Waals surface area contributed by atoms with Crippen LogP contribution in [0.25, 0.3) is 22.4 Å². The lowest BCUT2D eigenvalue weighted by Crippen LogP contribution is -2.32. The summed E-state index contributed by atoms with van der Waals surface area (Å²) in [5.74, 6) is -0.895. The molecule has 3 aromatic rings. The van der Waals surface area contributed by atoms with Gasteiger partial charge in [-0.3, -0.25) is 4.79 Å². The number of benzene rings is 2. The fourth-order valence-electron chi connectivity index (χ4n) is 4.60. The topological polar surface area (TPSA) is 77.8 Å². The first-order valence-corrected chi connectivity index (χ1v) is 11.6. The molecule has 0 unspecified atom stereocenters. The minimum absolute atomic E-state index is 0.0679. The Hall–Kier alpha value is -3.45. The highest BCUT2D eigenvalue weighted by Gasteiger charge is 2.34. The van der Waals surface area contributed by atoms with Crippen molar-refractivity contribution in [2.75, 3.05) is 20.3 Å². The van der Waals surface area contributed by atoms with Crippen LogP contribution in [0.4, 0.5) is 4.39 Å². The van der Waals surface area contributed by atoms with E-state index in [9.17, 15) is 19.1 Å². The van der Waals surface area contributed by atoms with E-state index in [-0.39, 0.29) is 22.8 Å². The summed E-state index contributed by atoms with van der Waals surface area (Å²) in [6.07, 6.45) is 2.83. The first kappa shape index (κ1) is 24.7. The van der Waals surface area contributed by atoms with Crippen molar-refractivity contribution >= 4 is 5.97 Å². The van der Waals surface area contributed by atoms with Gasteiger partial charge in [-0.05, 0) is 47.2 Å². The predicted octanol–water partition coefficient (Wildman–Crippen LogP) is 5.58. The second-order valence-electron chi connectivity index (χ2n) is 9.94. The molecule has 0 fully saturated rings. The monoisotopic (exact) mass is 479 g/mol. The Morgan fingerprint density at radius 2 is 1.83 bits per heavy atom. The van der Waals surface area contributed by atoms with Crippen molar-refractivity contribution < 1.29 is 23.8 Å². The average molecular weight is 480 g/mol. The number of carboxylic acids is 1. The molecule has 6 nitrogen and oxygen atoms in total. The summed E-state index contributed by atoms with van der Waals surface area (Å²) in [5, 5.41) is 9.55. The smallest absolute Gasteiger partial charge is 0.341 e. The maximum Gasteiger partial charge on any atom is 0.341 e. The second-order valence-corrected chi connectivity index (χ2v) is 9.94. The first-order chi connectivity index (χ1) is 16.6. The van der Waals surface area contributed by atoms with E-state index in [1.807, 2.05) is 16.7 Å². The van der Waals surface area contributed by atoms with E-state index in [0.29, 0.717) is 31.1 Å². The maximum absolute atomic E-state index is 13.6. The Bertz CT molecular complexity index is 1300. The number of halogens is 1. The molecular formula is C28H30FNO5. The van der Waals surface area contributed by atoms with Crippen LogP contribution in [0, 0.1) is 11.2 Å². The zero-order chi connectivity index (χ0) is 25.3. The minimum Gasteiger partial charge on any atom is -0.493 e. The summed E-state index contributed by atoms with van der Waals surface area (Å²) in [4.78, 5) is 24.4. The standard InChI is InChI=1S/C28H30FNO5/c1-28(2,3)26-13-18-12-25(35-11-5-10-34-4)21(17-6-8-19(29)9-7-17)14-20(18)23-15-24(31)22(27(32)33)16-30(23)26/h6-9,12,14-16,26H,5,10-11,13H2,1-4H3,(H,32,33)/t26-/m0/s1. The third kappa shape index (κ3) is 5.00. The van der Waals surface area contributed by atoms with E-state index in [2.05, 4.69) is 20.8 Å². The Morgan fingerprint density at radius 1 is 1.11 bits per heavy atom. The molecule has 0 saturated carbocycles. The molecule has 7 heteroatoms. The Morgan fingerprint density at radius 3 is 2.46 bits per heavy atom. The van der Waals surface area contributed by atoms with E-state index in [0.717, 1.165) is 28.7 Å². The zero-order valence-electron chi connectivity index (χ0n) is 20.4. The van der Waals surface area contributed by atoms with E-state index < -0.39 is 11.4 Å². The maximum atomic E-state index is 13.6. The lowest BCUT2D eigenvalue weighted by molar-refractivity contribution is 0.0693. The van der Waals surface area contributed by atoms with Crippen LogP contribution in [0.1, 0.15) is 49.2 Å². The molecule has 0 amide bonds. The number of methoxy groups -OCH3 is 1. The Labute approximate surface area is 203 Å². The third-order valence-corrected chi connectivity index (χ3v) is 6.45. The Balaban J connectivity index is 1.92. The number of aromatic carboxylic acids is 1. The molecule has 1 aliphatic rings. The van der Waals surface area contributed by atoms with Crippen molar-refractivity contribution in [2.24, 2.45) is 5.41 Å². The number of carbonyl (C=O) groups is 1. The van der Waals surface area contributed by atoms with Gasteiger partial charge in [-0.25, -0.2) is 9.18 Å². The van der Waals surface area contributed by atoms with Crippen LogP contribution < -0.4 is 10.2 Å². The second kappa shape index (κ2) is 9.66. The van der Waals surface area contributed by atoms with Crippen LogP contribution in [-0.4, -0.2) is 36.0 Å². The van der Waals surface area contributed by atoms with Crippen LogP contribution in [-0.2, 0) is 11.2 Å². The van der Waals surface area contributed by atoms with Gasteiger partial charge in [-0.2, -0.15) is 0 Å². The van der Waals surface area contributed by atoms with Gasteiger partial charge in [0.15, 0.2) is 5.43 Å². The number of aromatic nitrogens is 1. The summed E-state index contributed by atoms with van der Waals surface area (Å²) >= 11 is 0. The highest BCUT2D eigenvalue weighted by Crippen LogP contribution is 2.46. The predicted molar refractivity (Wildman–Crippen MR) is 133 cm³/mol. The van der Waals surface area contributed by atoms with E-state index in [4.69, 9.17) is 9.47 Å². The number of carboxylic acid groups (broad SMARTS) is 1. The van der Waals surface area contributed by atoms with Crippen molar-refractivity contribution in [3.05, 3.63) is 75.8 Å². The molecule has 35 heavy (non-hydrogen) atoms. The SMILES string of the molecule is COCCCOc1cc2c(cc1-c1ccc(F)cc1)-c1cc(=O)c(C(=O)O)cn1[C@H](C(C)(C)C)C2. The molecular weight excluding hydrogens is 449 g/mol. The van der Waals surface area contributed by atoms with Crippen molar-refractivity contribution in [1.29, 1.82) is 0 Å². The number of rotatable bonds is 7. The molecule has 0 radical (unpaired) electrons. The molecule has 1 N–H and O–H groups in total. The molecule has 0 spiro atoms. The van der Waals surface area contributed by atoms with E-state index >= 15 is 0 Å². The molecule has 0 saturated heterocycles. The van der Waals surface area contributed by atoms with Gasteiger partial charge in [0, 0.05) is 49.6 Å². The number of nitrogens with zero attached hydrogens (tertiary/aromatic N) is 1. The minimum atomic E-state index is -1.24. The fourth-order valence-corrected chi connectivity index (χ4v) is 4.60. The Kier molecular flexibility index (Phi) is 6.81. The summed E-state index contributed by atoms with van der Waals surface area (Å²) < 4.78 is 26.8. The normalized spacial score (nSPS) is 14.8. The molecule has 184 valence electrons. The van der Waals surface area contributed by atoms with Gasteiger partial charge < -0.3 is 19.1 Å². The number of hydrogen-bond acceptors (Lipinski definition) is 4. The van der Waals surface area contributed by atoms with Gasteiger partial charge in [0.1, 0.15) is 17.1 Å². The molecule has 1 aromatic heterocycles. The number of pyridine rings is 1. The molecule has 2 heterocycles. The molecule has 0 aliphatic carbocycles. The first-order valence-electron chi connectivity index (χ1n) is 11.6. The van der Waals surface area contributed by atoms with Crippen LogP contribution in [0.3, 0.4) is 0 Å². The lowest BCUT2D eigenvalue weighted by Gasteiger charge is -2.39. The largest absolute Gasteiger partial charge is 0.493 e. The zero-order valence-corrected chi connectivity index (χ0v) is 20.4. The molecule has 4 rings (SSSR count). The van der Waals surface area contributed by atoms with Crippen molar-refractivity contribution in [1.82, 2.24) is 4.57 Å². The highest BCUT2D eigenvalue weighted by molar-refractivity contribution is 5.88. The fraction of sp³-hybridized carbons (Fsp3) is 0.357. The van der Waals surface area contributed by atoms with Gasteiger partial charge in [0.2, 0.25) is 0 Å². The van der Waals surface area contributed by atoms with Gasteiger partial charge in [-0.1, -0.05) is 32.9 Å². The van der Waals surface area contributed by atoms with Crippen molar-refractivity contribution in [3.8, 4) is 28.1 Å². The molecule has 2 aromatic carbocycles. The van der Waals surface area contributed by atoms with Gasteiger partial charge in [-0.15, -0.1) is 0 Å². The number of ether oxygens (including phenoxy) is 2. The number of hydrogen-bond donors (Lipinski definition) is 1. The van der Waals surface area contributed by atoms with Gasteiger partial charge >= 0.3 is 5.97 Å². The summed E-state index contributed by atoms with van der Waals surface area (Å²) in [5.41, 5.74) is 3.09. The average Bonchev–Trinajstić information content (AvgIpc) is 2.80. The third-order valence-electron chi connectivity index (χ3n) is 6.45. The van der Waals surface area contributed by atoms with Crippen LogP contribution in [0.2, 0.25) is 0 Å². The summed E-state index contributed by atoms with van der Waals surface area (Å²) in [6.45, 7) is 7.33. The van der Waals surface area contributed by atoms with Gasteiger partial charge in [0.25, 0.3) is 0 Å². The lowest BCUT2D eigenvalue weighted by atomic mass is 9.78. The van der Waals surface area contributed by atoms with Gasteiger partial charge in [0.05, 0.1) is 12.3 Å². The molecule has 1 atom stereocenters. The van der Waals surface area contributed by atoms with Crippen molar-refractivity contribution in [2.45, 2.75) is 39.7 Å².